The van der Waals surface area contributed by atoms with E-state index in [4.69, 9.17) is 5.11 Å². The van der Waals surface area contributed by atoms with E-state index >= 15 is 0 Å². The molecule has 0 aliphatic rings. The summed E-state index contributed by atoms with van der Waals surface area (Å²) in [4.78, 5) is 23.5. The summed E-state index contributed by atoms with van der Waals surface area (Å²) in [6.07, 6.45) is 0. The van der Waals surface area contributed by atoms with Gasteiger partial charge in [0, 0.05) is 17.2 Å². The van der Waals surface area contributed by atoms with E-state index in [0.29, 0.717) is 11.1 Å². The van der Waals surface area contributed by atoms with Gasteiger partial charge in [-0.25, -0.2) is 0 Å². The van der Waals surface area contributed by atoms with Crippen LogP contribution in [0.4, 0.5) is 0 Å². The van der Waals surface area contributed by atoms with Crippen molar-refractivity contribution in [3.05, 3.63) is 34.9 Å². The van der Waals surface area contributed by atoms with Gasteiger partial charge < -0.3 is 15.7 Å². The fraction of sp³-hybridized carbons (Fsp3) is 0.375. The van der Waals surface area contributed by atoms with Crippen molar-refractivity contribution in [2.75, 3.05) is 13.2 Å². The first-order valence-corrected chi connectivity index (χ1v) is 6.71. The minimum Gasteiger partial charge on any atom is -0.384 e. The van der Waals surface area contributed by atoms with Gasteiger partial charge in [0.1, 0.15) is 6.61 Å². The predicted molar refractivity (Wildman–Crippen MR) is 80.8 cm³/mol. The first-order valence-electron chi connectivity index (χ1n) is 6.71. The molecule has 21 heavy (non-hydrogen) atoms. The normalized spacial score (nSPS) is 9.76. The number of carbonyl (C=O) groups is 2. The number of aliphatic hydroxyl groups excluding tert-OH is 1. The second-order valence-corrected chi connectivity index (χ2v) is 4.95. The van der Waals surface area contributed by atoms with Gasteiger partial charge in [0.15, 0.2) is 0 Å². The van der Waals surface area contributed by atoms with Gasteiger partial charge in [-0.15, -0.1) is 0 Å². The van der Waals surface area contributed by atoms with Gasteiger partial charge in [0.05, 0.1) is 6.54 Å². The Morgan fingerprint density at radius 2 is 2.00 bits per heavy atom. The van der Waals surface area contributed by atoms with E-state index in [9.17, 15) is 9.59 Å². The summed E-state index contributed by atoms with van der Waals surface area (Å²) in [7, 11) is 0. The van der Waals surface area contributed by atoms with Crippen molar-refractivity contribution in [1.82, 2.24) is 10.6 Å². The van der Waals surface area contributed by atoms with Crippen molar-refractivity contribution in [3.8, 4) is 11.8 Å². The first-order chi connectivity index (χ1) is 9.92. The number of benzene rings is 1. The number of rotatable bonds is 4. The number of aryl methyl sites for hydroxylation is 1. The molecule has 2 amide bonds. The predicted octanol–water partition coefficient (Wildman–Crippen LogP) is 0.593. The standard InChI is InChI=1S/C16H20N2O3/c1-11(2)18-15(20)10-17-16(21)14-8-12(3)7-13(9-14)5-4-6-19/h7-9,11,19H,6,10H2,1-3H3,(H,17,21)(H,18,20). The quantitative estimate of drug-likeness (QED) is 0.710. The van der Waals surface area contributed by atoms with Crippen molar-refractivity contribution in [2.24, 2.45) is 0 Å². The van der Waals surface area contributed by atoms with Crippen LogP contribution < -0.4 is 10.6 Å². The van der Waals surface area contributed by atoms with E-state index in [-0.39, 0.29) is 31.0 Å². The third kappa shape index (κ3) is 6.11. The zero-order chi connectivity index (χ0) is 15.8. The molecular weight excluding hydrogens is 268 g/mol. The van der Waals surface area contributed by atoms with Crippen LogP contribution in [-0.4, -0.2) is 36.1 Å². The Hall–Kier alpha value is -2.32. The Kier molecular flexibility index (Phi) is 6.44. The topological polar surface area (TPSA) is 78.4 Å². The van der Waals surface area contributed by atoms with Gasteiger partial charge in [-0.05, 0) is 44.5 Å². The zero-order valence-corrected chi connectivity index (χ0v) is 12.5. The van der Waals surface area contributed by atoms with Crippen LogP contribution in [0.2, 0.25) is 0 Å². The lowest BCUT2D eigenvalue weighted by Crippen LogP contribution is -2.39. The summed E-state index contributed by atoms with van der Waals surface area (Å²) in [5.74, 6) is 4.74. The second-order valence-electron chi connectivity index (χ2n) is 4.95. The molecule has 0 aromatic heterocycles. The second kappa shape index (κ2) is 8.08. The summed E-state index contributed by atoms with van der Waals surface area (Å²) < 4.78 is 0. The number of aliphatic hydroxyl groups is 1. The molecule has 1 rings (SSSR count). The van der Waals surface area contributed by atoms with Gasteiger partial charge >= 0.3 is 0 Å². The number of hydrogen-bond donors (Lipinski definition) is 3. The molecule has 0 radical (unpaired) electrons. The Labute approximate surface area is 124 Å². The van der Waals surface area contributed by atoms with E-state index in [2.05, 4.69) is 22.5 Å². The Balaban J connectivity index is 2.74. The van der Waals surface area contributed by atoms with Gasteiger partial charge in [-0.1, -0.05) is 11.8 Å². The van der Waals surface area contributed by atoms with E-state index in [1.54, 1.807) is 12.1 Å². The molecule has 5 heteroatoms. The van der Waals surface area contributed by atoms with E-state index in [0.717, 1.165) is 5.56 Å². The highest BCUT2D eigenvalue weighted by Gasteiger charge is 2.09. The number of nitrogens with one attached hydrogen (secondary N) is 2. The summed E-state index contributed by atoms with van der Waals surface area (Å²) in [5, 5.41) is 14.0. The average molecular weight is 288 g/mol. The van der Waals surface area contributed by atoms with Crippen LogP contribution in [0.15, 0.2) is 18.2 Å². The van der Waals surface area contributed by atoms with Crippen molar-refractivity contribution in [3.63, 3.8) is 0 Å². The van der Waals surface area contributed by atoms with E-state index in [1.165, 1.54) is 0 Å². The van der Waals surface area contributed by atoms with Gasteiger partial charge in [-0.3, -0.25) is 9.59 Å². The summed E-state index contributed by atoms with van der Waals surface area (Å²) in [6, 6.07) is 5.21. The first kappa shape index (κ1) is 16.7. The molecule has 1 aromatic carbocycles. The van der Waals surface area contributed by atoms with Crippen molar-refractivity contribution >= 4 is 11.8 Å². The summed E-state index contributed by atoms with van der Waals surface area (Å²) >= 11 is 0. The Bertz CT molecular complexity index is 583. The maximum absolute atomic E-state index is 12.0. The van der Waals surface area contributed by atoms with Crippen LogP contribution in [-0.2, 0) is 4.79 Å². The zero-order valence-electron chi connectivity index (χ0n) is 12.5. The molecule has 3 N–H and O–H groups in total. The van der Waals surface area contributed by atoms with Crippen LogP contribution in [0.5, 0.6) is 0 Å². The van der Waals surface area contributed by atoms with E-state index < -0.39 is 0 Å². The molecule has 0 fully saturated rings. The SMILES string of the molecule is Cc1cc(C#CCO)cc(C(=O)NCC(=O)NC(C)C)c1. The van der Waals surface area contributed by atoms with Crippen molar-refractivity contribution < 1.29 is 14.7 Å². The van der Waals surface area contributed by atoms with Gasteiger partial charge in [0.25, 0.3) is 5.91 Å². The summed E-state index contributed by atoms with van der Waals surface area (Å²) in [5.41, 5.74) is 1.98. The molecule has 0 atom stereocenters. The monoisotopic (exact) mass is 288 g/mol. The highest BCUT2D eigenvalue weighted by Crippen LogP contribution is 2.09. The average Bonchev–Trinajstić information content (AvgIpc) is 2.41. The molecule has 0 bridgehead atoms. The molecular formula is C16H20N2O3. The maximum atomic E-state index is 12.0. The third-order valence-electron chi connectivity index (χ3n) is 2.51. The molecule has 112 valence electrons. The summed E-state index contributed by atoms with van der Waals surface area (Å²) in [6.45, 7) is 5.26. The molecule has 5 nitrogen and oxygen atoms in total. The molecule has 1 aromatic rings. The van der Waals surface area contributed by atoms with Crippen molar-refractivity contribution in [1.29, 1.82) is 0 Å². The molecule has 0 unspecified atom stereocenters. The van der Waals surface area contributed by atoms with E-state index in [1.807, 2.05) is 26.8 Å². The van der Waals surface area contributed by atoms with Crippen LogP contribution in [0, 0.1) is 18.8 Å². The molecule has 0 spiro atoms. The van der Waals surface area contributed by atoms with Crippen molar-refractivity contribution in [2.45, 2.75) is 26.8 Å². The minimum atomic E-state index is -0.329. The number of carbonyl (C=O) groups excluding carboxylic acids is 2. The van der Waals surface area contributed by atoms with Gasteiger partial charge in [0.2, 0.25) is 5.91 Å². The van der Waals surface area contributed by atoms with Crippen LogP contribution in [0.3, 0.4) is 0 Å². The smallest absolute Gasteiger partial charge is 0.251 e. The molecule has 0 aliphatic heterocycles. The Morgan fingerprint density at radius 1 is 1.29 bits per heavy atom. The maximum Gasteiger partial charge on any atom is 0.251 e. The fourth-order valence-corrected chi connectivity index (χ4v) is 1.76. The minimum absolute atomic E-state index is 0.0359. The lowest BCUT2D eigenvalue weighted by Gasteiger charge is -2.09. The molecule has 0 saturated carbocycles. The molecule has 0 saturated heterocycles. The van der Waals surface area contributed by atoms with Crippen LogP contribution in [0.1, 0.15) is 35.3 Å². The number of amides is 2. The van der Waals surface area contributed by atoms with Gasteiger partial charge in [-0.2, -0.15) is 0 Å². The lowest BCUT2D eigenvalue weighted by atomic mass is 10.1. The largest absolute Gasteiger partial charge is 0.384 e. The Morgan fingerprint density at radius 3 is 2.62 bits per heavy atom. The van der Waals surface area contributed by atoms with Crippen LogP contribution in [0.25, 0.3) is 0 Å². The highest BCUT2D eigenvalue weighted by molar-refractivity contribution is 5.97. The number of hydrogen-bond acceptors (Lipinski definition) is 3. The molecule has 0 heterocycles. The van der Waals surface area contributed by atoms with Crippen LogP contribution >= 0.6 is 0 Å². The highest BCUT2D eigenvalue weighted by atomic mass is 16.2. The third-order valence-corrected chi connectivity index (χ3v) is 2.51. The lowest BCUT2D eigenvalue weighted by molar-refractivity contribution is -0.120. The fourth-order valence-electron chi connectivity index (χ4n) is 1.76. The molecule has 0 aliphatic carbocycles.